The molecule has 1 heterocycles. The van der Waals surface area contributed by atoms with Gasteiger partial charge in [0, 0.05) is 26.0 Å². The van der Waals surface area contributed by atoms with Crippen LogP contribution in [0.5, 0.6) is 0 Å². The molecule has 0 unspecified atom stereocenters. The largest absolute Gasteiger partial charge is 0.382 e. The molecule has 0 aromatic carbocycles. The minimum atomic E-state index is 0.00250. The van der Waals surface area contributed by atoms with Gasteiger partial charge in [-0.05, 0) is 6.92 Å². The highest BCUT2D eigenvalue weighted by atomic mass is 32.1. The van der Waals surface area contributed by atoms with Crippen LogP contribution in [-0.4, -0.2) is 37.8 Å². The van der Waals surface area contributed by atoms with Gasteiger partial charge in [-0.25, -0.2) is 4.98 Å². The zero-order chi connectivity index (χ0) is 13.4. The van der Waals surface area contributed by atoms with Gasteiger partial charge in [-0.2, -0.15) is 5.48 Å². The predicted molar refractivity (Wildman–Crippen MR) is 70.5 cm³/mol. The third-order valence-electron chi connectivity index (χ3n) is 2.21. The van der Waals surface area contributed by atoms with Crippen molar-refractivity contribution in [1.29, 1.82) is 0 Å². The molecule has 0 spiro atoms. The maximum atomic E-state index is 11.4. The zero-order valence-corrected chi connectivity index (χ0v) is 11.7. The summed E-state index contributed by atoms with van der Waals surface area (Å²) < 4.78 is 4.85. The van der Waals surface area contributed by atoms with Crippen molar-refractivity contribution >= 4 is 22.4 Å². The number of nitrogens with zero attached hydrogens (tertiary/aromatic N) is 2. The Hall–Kier alpha value is -1.02. The van der Waals surface area contributed by atoms with E-state index in [0.717, 1.165) is 10.8 Å². The van der Waals surface area contributed by atoms with Crippen molar-refractivity contribution in [2.75, 3.05) is 31.8 Å². The van der Waals surface area contributed by atoms with Crippen LogP contribution in [0.3, 0.4) is 0 Å². The Morgan fingerprint density at radius 1 is 1.56 bits per heavy atom. The number of hydroxylamine groups is 1. The minimum Gasteiger partial charge on any atom is -0.382 e. The number of thiazole rings is 1. The minimum absolute atomic E-state index is 0.00250. The third-order valence-corrected chi connectivity index (χ3v) is 3.12. The van der Waals surface area contributed by atoms with Crippen molar-refractivity contribution in [2.24, 2.45) is 0 Å². The van der Waals surface area contributed by atoms with Gasteiger partial charge >= 0.3 is 0 Å². The fourth-order valence-corrected chi connectivity index (χ4v) is 2.25. The highest BCUT2D eigenvalue weighted by Crippen LogP contribution is 2.20. The average molecular weight is 273 g/mol. The van der Waals surface area contributed by atoms with Crippen molar-refractivity contribution in [2.45, 2.75) is 20.4 Å². The Labute approximate surface area is 111 Å². The molecule has 102 valence electrons. The molecule has 0 aliphatic heterocycles. The van der Waals surface area contributed by atoms with Crippen molar-refractivity contribution in [3.63, 3.8) is 0 Å². The summed E-state index contributed by atoms with van der Waals surface area (Å²) in [5.41, 5.74) is 3.65. The summed E-state index contributed by atoms with van der Waals surface area (Å²) in [5, 5.41) is 2.63. The predicted octanol–water partition coefficient (Wildman–Crippen LogP) is 1.18. The fraction of sp³-hybridized carbons (Fsp3) is 0.636. The van der Waals surface area contributed by atoms with E-state index in [-0.39, 0.29) is 5.91 Å². The van der Waals surface area contributed by atoms with Crippen molar-refractivity contribution in [3.05, 3.63) is 11.1 Å². The molecule has 0 aliphatic carbocycles. The third kappa shape index (κ3) is 4.69. The summed E-state index contributed by atoms with van der Waals surface area (Å²) in [4.78, 5) is 22.5. The maximum absolute atomic E-state index is 11.4. The lowest BCUT2D eigenvalue weighted by Crippen LogP contribution is -2.27. The first-order chi connectivity index (χ1) is 8.69. The lowest BCUT2D eigenvalue weighted by molar-refractivity contribution is -0.116. The molecule has 0 aliphatic rings. The second-order valence-electron chi connectivity index (χ2n) is 3.55. The Bertz CT molecular complexity index is 370. The summed E-state index contributed by atoms with van der Waals surface area (Å²) in [6.07, 6.45) is 0. The van der Waals surface area contributed by atoms with E-state index >= 15 is 0 Å². The molecule has 1 aromatic heterocycles. The molecule has 1 N–H and O–H groups in total. The van der Waals surface area contributed by atoms with Crippen molar-refractivity contribution in [3.8, 4) is 0 Å². The number of amides is 1. The molecule has 18 heavy (non-hydrogen) atoms. The number of ether oxygens (including phenoxy) is 1. The molecule has 7 heteroatoms. The topological polar surface area (TPSA) is 63.7 Å². The van der Waals surface area contributed by atoms with Crippen LogP contribution in [0.2, 0.25) is 0 Å². The van der Waals surface area contributed by atoms with E-state index in [4.69, 9.17) is 9.57 Å². The number of rotatable bonds is 8. The van der Waals surface area contributed by atoms with Gasteiger partial charge in [-0.1, -0.05) is 0 Å². The number of hydrogen-bond donors (Lipinski definition) is 1. The van der Waals surface area contributed by atoms with Gasteiger partial charge in [-0.3, -0.25) is 14.5 Å². The van der Waals surface area contributed by atoms with Crippen LogP contribution in [0.4, 0.5) is 5.13 Å². The van der Waals surface area contributed by atoms with E-state index in [1.54, 1.807) is 12.0 Å². The van der Waals surface area contributed by atoms with Crippen LogP contribution < -0.4 is 10.4 Å². The molecule has 0 saturated carbocycles. The number of carbonyl (C=O) groups is 1. The smallest absolute Gasteiger partial charge is 0.225 e. The standard InChI is InChI=1S/C11H19N3O3S/c1-4-14(9(2)15)11-13-10(8-18-11)7-12-17-6-5-16-3/h8,12H,4-7H2,1-3H3. The van der Waals surface area contributed by atoms with Gasteiger partial charge in [0.25, 0.3) is 0 Å². The van der Waals surface area contributed by atoms with E-state index in [2.05, 4.69) is 10.5 Å². The number of methoxy groups -OCH3 is 1. The monoisotopic (exact) mass is 273 g/mol. The lowest BCUT2D eigenvalue weighted by atomic mass is 10.5. The SMILES string of the molecule is CCN(C(C)=O)c1nc(CNOCCOC)cs1. The molecule has 0 fully saturated rings. The summed E-state index contributed by atoms with van der Waals surface area (Å²) >= 11 is 1.45. The molecule has 6 nitrogen and oxygen atoms in total. The van der Waals surface area contributed by atoms with Crippen LogP contribution in [0.15, 0.2) is 5.38 Å². The summed E-state index contributed by atoms with van der Waals surface area (Å²) in [7, 11) is 1.62. The van der Waals surface area contributed by atoms with Gasteiger partial charge in [-0.15, -0.1) is 11.3 Å². The molecule has 0 bridgehead atoms. The highest BCUT2D eigenvalue weighted by molar-refractivity contribution is 7.14. The molecule has 0 radical (unpaired) electrons. The first-order valence-corrected chi connectivity index (χ1v) is 6.63. The van der Waals surface area contributed by atoms with Gasteiger partial charge in [0.15, 0.2) is 5.13 Å². The molecular weight excluding hydrogens is 254 g/mol. The first kappa shape index (κ1) is 15.0. The van der Waals surface area contributed by atoms with E-state index < -0.39 is 0 Å². The summed E-state index contributed by atoms with van der Waals surface area (Å²) in [6.45, 7) is 5.63. The number of nitrogens with one attached hydrogen (secondary N) is 1. The Morgan fingerprint density at radius 3 is 2.94 bits per heavy atom. The Kier molecular flexibility index (Phi) is 6.81. The van der Waals surface area contributed by atoms with Crippen molar-refractivity contribution in [1.82, 2.24) is 10.5 Å². The normalized spacial score (nSPS) is 10.6. The molecule has 0 saturated heterocycles. The van der Waals surface area contributed by atoms with Gasteiger partial charge in [0.1, 0.15) is 0 Å². The van der Waals surface area contributed by atoms with Crippen LogP contribution in [0, 0.1) is 0 Å². The second-order valence-corrected chi connectivity index (χ2v) is 4.38. The average Bonchev–Trinajstić information content (AvgIpc) is 2.78. The quantitative estimate of drug-likeness (QED) is 0.569. The number of aromatic nitrogens is 1. The van der Waals surface area contributed by atoms with Gasteiger partial charge < -0.3 is 4.74 Å². The molecule has 1 rings (SSSR count). The fourth-order valence-electron chi connectivity index (χ4n) is 1.32. The number of hydrogen-bond acceptors (Lipinski definition) is 6. The Morgan fingerprint density at radius 2 is 2.33 bits per heavy atom. The first-order valence-electron chi connectivity index (χ1n) is 5.75. The van der Waals surface area contributed by atoms with Crippen LogP contribution in [0.25, 0.3) is 0 Å². The molecule has 1 amide bonds. The van der Waals surface area contributed by atoms with Gasteiger partial charge in [0.05, 0.1) is 25.5 Å². The van der Waals surface area contributed by atoms with Crippen LogP contribution >= 0.6 is 11.3 Å². The summed E-state index contributed by atoms with van der Waals surface area (Å²) in [6, 6.07) is 0. The van der Waals surface area contributed by atoms with Gasteiger partial charge in [0.2, 0.25) is 5.91 Å². The highest BCUT2D eigenvalue weighted by Gasteiger charge is 2.12. The van der Waals surface area contributed by atoms with Crippen LogP contribution in [0.1, 0.15) is 19.5 Å². The summed E-state index contributed by atoms with van der Waals surface area (Å²) in [5.74, 6) is 0.00250. The van der Waals surface area contributed by atoms with E-state index in [0.29, 0.717) is 26.3 Å². The molecule has 0 atom stereocenters. The van der Waals surface area contributed by atoms with E-state index in [1.807, 2.05) is 12.3 Å². The van der Waals surface area contributed by atoms with E-state index in [9.17, 15) is 4.79 Å². The second kappa shape index (κ2) is 8.15. The zero-order valence-electron chi connectivity index (χ0n) is 10.9. The number of anilines is 1. The molecular formula is C11H19N3O3S. The number of carbonyl (C=O) groups excluding carboxylic acids is 1. The van der Waals surface area contributed by atoms with E-state index in [1.165, 1.54) is 18.3 Å². The van der Waals surface area contributed by atoms with Crippen LogP contribution in [-0.2, 0) is 20.9 Å². The Balaban J connectivity index is 2.40. The maximum Gasteiger partial charge on any atom is 0.225 e. The lowest BCUT2D eigenvalue weighted by Gasteiger charge is -2.14. The van der Waals surface area contributed by atoms with Crippen molar-refractivity contribution < 1.29 is 14.4 Å². The molecule has 1 aromatic rings.